The maximum Gasteiger partial charge on any atom is 0.330 e. The topological polar surface area (TPSA) is 76.1 Å². The zero-order valence-electron chi connectivity index (χ0n) is 30.9. The van der Waals surface area contributed by atoms with Crippen LogP contribution in [0.1, 0.15) is 129 Å². The average Bonchev–Trinajstić information content (AvgIpc) is 3.65. The van der Waals surface area contributed by atoms with E-state index in [4.69, 9.17) is 9.47 Å². The van der Waals surface area contributed by atoms with E-state index < -0.39 is 5.60 Å². The summed E-state index contributed by atoms with van der Waals surface area (Å²) in [5.74, 6) is 1.65. The van der Waals surface area contributed by atoms with Gasteiger partial charge in [-0.3, -0.25) is 4.79 Å². The monoisotopic (exact) mass is 678 g/mol. The first kappa shape index (κ1) is 40.6. The van der Waals surface area contributed by atoms with Gasteiger partial charge in [0.25, 0.3) is 5.91 Å². The third kappa shape index (κ3) is 11.9. The highest BCUT2D eigenvalue weighted by Crippen LogP contribution is 2.50. The van der Waals surface area contributed by atoms with E-state index in [1.54, 1.807) is 24.5 Å². The van der Waals surface area contributed by atoms with E-state index in [9.17, 15) is 14.7 Å². The minimum atomic E-state index is -1.14. The Kier molecular flexibility index (Phi) is 18.3. The molecule has 1 aliphatic heterocycles. The largest absolute Gasteiger partial charge is 0.501 e. The van der Waals surface area contributed by atoms with E-state index in [0.717, 1.165) is 62.9 Å². The van der Waals surface area contributed by atoms with Crippen molar-refractivity contribution >= 4 is 11.9 Å². The Morgan fingerprint density at radius 1 is 0.837 bits per heavy atom. The van der Waals surface area contributed by atoms with Gasteiger partial charge in [0, 0.05) is 18.2 Å². The lowest BCUT2D eigenvalue weighted by Gasteiger charge is -2.50. The number of carbonyl (C=O) groups is 2. The lowest BCUT2D eigenvalue weighted by Crippen LogP contribution is -2.58. The average molecular weight is 678 g/mol. The van der Waals surface area contributed by atoms with Crippen LogP contribution in [0.3, 0.4) is 0 Å². The molecule has 4 aliphatic rings. The van der Waals surface area contributed by atoms with Crippen LogP contribution in [0.4, 0.5) is 0 Å². The molecule has 4 unspecified atom stereocenters. The molecule has 6 heteroatoms. The fraction of sp³-hybridized carbons (Fsp3) is 0.674. The molecule has 6 nitrogen and oxygen atoms in total. The van der Waals surface area contributed by atoms with Gasteiger partial charge in [-0.15, -0.1) is 0 Å². The van der Waals surface area contributed by atoms with Crippen molar-refractivity contribution in [3.05, 3.63) is 73.6 Å². The summed E-state index contributed by atoms with van der Waals surface area (Å²) in [5.41, 5.74) is 0.160. The van der Waals surface area contributed by atoms with Gasteiger partial charge in [0.2, 0.25) is 0 Å². The van der Waals surface area contributed by atoms with Crippen molar-refractivity contribution in [2.24, 2.45) is 23.7 Å². The molecule has 1 heterocycles. The molecule has 4 fully saturated rings. The molecule has 0 aromatic rings. The minimum Gasteiger partial charge on any atom is -0.501 e. The van der Waals surface area contributed by atoms with Crippen LogP contribution in [-0.2, 0) is 19.1 Å². The van der Waals surface area contributed by atoms with Crippen molar-refractivity contribution in [3.8, 4) is 0 Å². The van der Waals surface area contributed by atoms with Crippen LogP contribution in [0.15, 0.2) is 73.6 Å². The molecule has 1 N–H and O–H groups in total. The van der Waals surface area contributed by atoms with Gasteiger partial charge in [0.1, 0.15) is 5.60 Å². The summed E-state index contributed by atoms with van der Waals surface area (Å²) >= 11 is 0. The van der Waals surface area contributed by atoms with Crippen molar-refractivity contribution in [3.63, 3.8) is 0 Å². The maximum atomic E-state index is 14.0. The van der Waals surface area contributed by atoms with Gasteiger partial charge in [-0.1, -0.05) is 96.8 Å². The molecule has 0 radical (unpaired) electrons. The van der Waals surface area contributed by atoms with E-state index in [2.05, 4.69) is 31.9 Å². The standard InChI is InChI=1S/C41H61NO5.C2H6/c1-4-34(21-16-29-46-28-13-6-7-14-30-47-39(43)5-2)40(44)42-27-15-22-38(42)41(45,32(3)23-24-33-17-9-8-10-18-33)37-26-25-35-19-11-12-20-36(35)31-37;1-2/h4-5,16,21,23-24,29,33,35-38,45H,1-3,6-15,17-20,22,25-28,30-31H2;1-2H3/b24-23-,29-16-,34-21+;/t35?,36?,37?,38-,41?;/m0./s1. The number of unbranched alkanes of at least 4 members (excludes halogenated alkanes) is 3. The quantitative estimate of drug-likeness (QED) is 0.0545. The third-order valence-electron chi connectivity index (χ3n) is 11.4. The van der Waals surface area contributed by atoms with Gasteiger partial charge in [-0.05, 0) is 112 Å². The molecule has 3 aliphatic carbocycles. The zero-order chi connectivity index (χ0) is 35.5. The number of aliphatic hydroxyl groups is 1. The molecule has 0 bridgehead atoms. The van der Waals surface area contributed by atoms with Gasteiger partial charge >= 0.3 is 5.97 Å². The Balaban J connectivity index is 0.00000319. The van der Waals surface area contributed by atoms with Crippen molar-refractivity contribution in [1.82, 2.24) is 4.90 Å². The Morgan fingerprint density at radius 2 is 1.53 bits per heavy atom. The lowest BCUT2D eigenvalue weighted by atomic mass is 9.61. The number of hydrogen-bond acceptors (Lipinski definition) is 5. The third-order valence-corrected chi connectivity index (χ3v) is 11.4. The number of allylic oxidation sites excluding steroid dienone is 3. The number of rotatable bonds is 17. The predicted octanol–water partition coefficient (Wildman–Crippen LogP) is 9.97. The number of hydrogen-bond donors (Lipinski definition) is 1. The minimum absolute atomic E-state index is 0.0851. The highest BCUT2D eigenvalue weighted by molar-refractivity contribution is 5.96. The Labute approximate surface area is 298 Å². The number of ether oxygens (including phenoxy) is 2. The molecular formula is C43H67NO5. The first-order valence-corrected chi connectivity index (χ1v) is 19.7. The molecule has 274 valence electrons. The number of nitrogens with zero attached hydrogens (tertiary/aromatic N) is 1. The second kappa shape index (κ2) is 22.1. The number of likely N-dealkylation sites (tertiary alicyclic amines) is 1. The summed E-state index contributed by atoms with van der Waals surface area (Å²) < 4.78 is 10.7. The Bertz CT molecular complexity index is 1150. The van der Waals surface area contributed by atoms with E-state index in [-0.39, 0.29) is 23.8 Å². The first-order valence-electron chi connectivity index (χ1n) is 19.7. The van der Waals surface area contributed by atoms with Crippen molar-refractivity contribution < 1.29 is 24.2 Å². The highest BCUT2D eigenvalue weighted by atomic mass is 16.5. The summed E-state index contributed by atoms with van der Waals surface area (Å²) in [7, 11) is 0. The molecule has 0 aromatic carbocycles. The lowest BCUT2D eigenvalue weighted by molar-refractivity contribution is -0.138. The van der Waals surface area contributed by atoms with Crippen LogP contribution in [-0.4, -0.2) is 53.3 Å². The molecule has 4 rings (SSSR count). The second-order valence-electron chi connectivity index (χ2n) is 14.4. The Morgan fingerprint density at radius 3 is 2.24 bits per heavy atom. The normalized spacial score (nSPS) is 25.9. The number of amides is 1. The summed E-state index contributed by atoms with van der Waals surface area (Å²) in [6.45, 7) is 17.5. The van der Waals surface area contributed by atoms with Crippen LogP contribution in [0.25, 0.3) is 0 Å². The molecule has 1 saturated heterocycles. The zero-order valence-corrected chi connectivity index (χ0v) is 30.9. The fourth-order valence-corrected chi connectivity index (χ4v) is 8.73. The second-order valence-corrected chi connectivity index (χ2v) is 14.4. The highest BCUT2D eigenvalue weighted by Gasteiger charge is 2.52. The summed E-state index contributed by atoms with van der Waals surface area (Å²) in [6, 6.07) is -0.299. The van der Waals surface area contributed by atoms with Crippen molar-refractivity contribution in [1.29, 1.82) is 0 Å². The number of carbonyl (C=O) groups excluding carboxylic acids is 2. The molecule has 49 heavy (non-hydrogen) atoms. The van der Waals surface area contributed by atoms with Crippen LogP contribution < -0.4 is 0 Å². The smallest absolute Gasteiger partial charge is 0.330 e. The predicted molar refractivity (Wildman–Crippen MR) is 202 cm³/mol. The van der Waals surface area contributed by atoms with E-state index in [0.29, 0.717) is 37.2 Å². The first-order chi connectivity index (χ1) is 23.9. The van der Waals surface area contributed by atoms with Gasteiger partial charge in [-0.2, -0.15) is 0 Å². The molecule has 3 saturated carbocycles. The molecule has 1 amide bonds. The van der Waals surface area contributed by atoms with E-state index in [1.165, 1.54) is 70.3 Å². The van der Waals surface area contributed by atoms with Crippen LogP contribution in [0.5, 0.6) is 0 Å². The van der Waals surface area contributed by atoms with Crippen LogP contribution >= 0.6 is 0 Å². The number of esters is 1. The fourth-order valence-electron chi connectivity index (χ4n) is 8.73. The van der Waals surface area contributed by atoms with Crippen LogP contribution in [0, 0.1) is 23.7 Å². The Hall–Kier alpha value is -2.86. The van der Waals surface area contributed by atoms with E-state index >= 15 is 0 Å². The molecular weight excluding hydrogens is 610 g/mol. The number of fused-ring (bicyclic) bond motifs is 1. The van der Waals surface area contributed by atoms with Crippen molar-refractivity contribution in [2.45, 2.75) is 141 Å². The summed E-state index contributed by atoms with van der Waals surface area (Å²) in [4.78, 5) is 27.0. The summed E-state index contributed by atoms with van der Waals surface area (Å²) in [5, 5.41) is 12.9. The summed E-state index contributed by atoms with van der Waals surface area (Å²) in [6.07, 6.45) is 32.4. The van der Waals surface area contributed by atoms with Gasteiger partial charge < -0.3 is 19.5 Å². The van der Waals surface area contributed by atoms with Gasteiger partial charge in [0.15, 0.2) is 0 Å². The van der Waals surface area contributed by atoms with Gasteiger partial charge in [-0.25, -0.2) is 4.79 Å². The van der Waals surface area contributed by atoms with Crippen molar-refractivity contribution in [2.75, 3.05) is 19.8 Å². The SMILES string of the molecule is C=CC(=O)OCCCCCCO/C=C\C=C(/C=C)C(=O)N1CCC[C@H]1C(O)(C(=C)/C=C\C1CCCCC1)C1CCC2CCCCC2C1.CC. The molecule has 5 atom stereocenters. The maximum absolute atomic E-state index is 14.0. The van der Waals surface area contributed by atoms with E-state index in [1.807, 2.05) is 18.7 Å². The molecule has 0 aromatic heterocycles. The molecule has 0 spiro atoms. The van der Waals surface area contributed by atoms with Gasteiger partial charge in [0.05, 0.1) is 25.5 Å². The van der Waals surface area contributed by atoms with Crippen LogP contribution in [0.2, 0.25) is 0 Å².